The van der Waals surface area contributed by atoms with E-state index in [1.54, 1.807) is 0 Å². The lowest BCUT2D eigenvalue weighted by molar-refractivity contribution is -0.143. The number of aliphatic hydroxyl groups is 1. The van der Waals surface area contributed by atoms with Gasteiger partial charge in [0.2, 0.25) is 82.7 Å². The number of carboxylic acid groups (broad SMARTS) is 2. The van der Waals surface area contributed by atoms with Gasteiger partial charge in [-0.05, 0) is 68.5 Å². The van der Waals surface area contributed by atoms with Crippen LogP contribution in [0.1, 0.15) is 57.1 Å². The number of phenols is 2. The van der Waals surface area contributed by atoms with E-state index >= 15 is 9.59 Å². The molecule has 14 atom stereocenters. The Hall–Kier alpha value is -8.42. The molecule has 14 amide bonds. The van der Waals surface area contributed by atoms with Crippen molar-refractivity contribution >= 4 is 159 Å². The van der Waals surface area contributed by atoms with Gasteiger partial charge >= 0.3 is 11.9 Å². The number of phenolic OH excluding ortho intramolecular Hbond substituents is 2. The number of hydrogen-bond donors (Lipinski definition) is 19. The zero-order valence-electron chi connectivity index (χ0n) is 54.1. The highest BCUT2D eigenvalue weighted by atomic mass is 33.1. The molecule has 21 N–H and O–H groups in total. The summed E-state index contributed by atoms with van der Waals surface area (Å²) in [6, 6.07) is -11.7. The molecule has 4 aliphatic heterocycles. The zero-order chi connectivity index (χ0) is 74.2. The lowest BCUT2D eigenvalue weighted by atomic mass is 10.0. The van der Waals surface area contributed by atoms with E-state index in [-0.39, 0.29) is 48.6 Å². The molecule has 36 nitrogen and oxygen atoms in total. The summed E-state index contributed by atoms with van der Waals surface area (Å²) in [5, 5.41) is 80.4. The second-order valence-electron chi connectivity index (χ2n) is 23.5. The monoisotopic (exact) mass is 1530 g/mol. The van der Waals surface area contributed by atoms with E-state index in [1.165, 1.54) is 55.5 Å². The van der Waals surface area contributed by atoms with Gasteiger partial charge in [-0.1, -0.05) is 89.0 Å². The smallest absolute Gasteiger partial charge is 0.326 e. The Morgan fingerprint density at radius 1 is 0.574 bits per heavy atom. The molecule has 0 aromatic heterocycles. The maximum atomic E-state index is 15.1. The number of carboxylic acids is 2. The van der Waals surface area contributed by atoms with Gasteiger partial charge in [-0.15, -0.1) is 0 Å². The van der Waals surface area contributed by atoms with Crippen molar-refractivity contribution in [2.24, 2.45) is 11.5 Å². The Labute approximate surface area is 600 Å². The fraction of sp³-hybridized carbons (Fsp3) is 0.525. The molecule has 4 fully saturated rings. The van der Waals surface area contributed by atoms with E-state index in [4.69, 9.17) is 11.5 Å². The summed E-state index contributed by atoms with van der Waals surface area (Å²) < 4.78 is 0. The lowest BCUT2D eigenvalue weighted by Gasteiger charge is -2.30. The highest BCUT2D eigenvalue weighted by Crippen LogP contribution is 2.28. The second-order valence-corrected chi connectivity index (χ2v) is 31.1. The molecule has 2 aromatic carbocycles. The second kappa shape index (κ2) is 39.7. The first-order chi connectivity index (χ1) is 47.9. The molecule has 4 bridgehead atoms. The maximum absolute atomic E-state index is 15.1. The number of fused-ring (bicyclic) bond motifs is 20. The number of carbonyl (C=O) groups is 16. The number of aliphatic hydroxyl groups excluding tert-OH is 1. The van der Waals surface area contributed by atoms with Gasteiger partial charge < -0.3 is 106 Å². The van der Waals surface area contributed by atoms with Crippen LogP contribution in [0.15, 0.2) is 48.5 Å². The molecule has 0 saturated carbocycles. The number of aliphatic carboxylic acids is 2. The number of carbonyl (C=O) groups excluding carboxylic acids is 14. The van der Waals surface area contributed by atoms with Gasteiger partial charge in [0.1, 0.15) is 84.0 Å². The summed E-state index contributed by atoms with van der Waals surface area (Å²) in [7, 11) is 4.74. The van der Waals surface area contributed by atoms with Crippen LogP contribution in [0.5, 0.6) is 11.5 Å². The van der Waals surface area contributed by atoms with Crippen molar-refractivity contribution in [3.63, 3.8) is 0 Å². The quantitative estimate of drug-likeness (QED) is 0.0656. The van der Waals surface area contributed by atoms with Crippen LogP contribution in [0.3, 0.4) is 0 Å². The van der Waals surface area contributed by atoms with Crippen molar-refractivity contribution < 1.29 is 102 Å². The predicted octanol–water partition coefficient (Wildman–Crippen LogP) is -5.94. The topological polar surface area (TPSA) is 574 Å². The summed E-state index contributed by atoms with van der Waals surface area (Å²) in [6.07, 6.45) is -4.71. The molecule has 4 heterocycles. The van der Waals surface area contributed by atoms with Gasteiger partial charge in [-0.2, -0.15) is 0 Å². The van der Waals surface area contributed by atoms with Crippen LogP contribution in [0.2, 0.25) is 0 Å². The fourth-order valence-corrected chi connectivity index (χ4v) is 17.0. The Kier molecular flexibility index (Phi) is 32.1. The standard InChI is InChI=1S/C59H79N15O21S6/c1-26-47(82)69-41-25-101-99-22-38-52(87)65-33(13-14-45(80)81)49(84)66-34(16-28-5-9-30(76)10-6-28)50(85)71-40(54(89)72-39(23-97-96-20-32(60)48(83)70-38)53(88)67-35(18-43(61)78)58(93)74-15-3-4-42(74)56(91)63-26)24-100-98-21-37(64-44(79)19-62-57(92)46(27(2)75)73-55(41)90)51(86)68-36(59(94)95)17-29-7-11-31(77)12-8-29/h5-12,26-27,32-42,46,75-77H,3-4,13-25,60H2,1-2H3,(H2,61,78)(H,62,92)(H,63,91)(H,64,79)(H,65,87)(H,66,84)(H,67,88)(H,68,86)(H,69,82)(H,70,83)(H,71,85)(H,72,89)(H,73,90)(H,80,81)(H,94,95)/t26-,27+,32-,33-,34-,35-,36-,37-,38-,39-,40+,41-,42-,46-/m0/s1. The van der Waals surface area contributed by atoms with Crippen molar-refractivity contribution in [1.29, 1.82) is 0 Å². The van der Waals surface area contributed by atoms with E-state index in [1.807, 2.05) is 0 Å². The summed E-state index contributed by atoms with van der Waals surface area (Å²) in [6.45, 7) is 1.18. The maximum Gasteiger partial charge on any atom is 0.326 e. The highest BCUT2D eigenvalue weighted by molar-refractivity contribution is 8.77. The minimum absolute atomic E-state index is 0.00937. The van der Waals surface area contributed by atoms with Crippen molar-refractivity contribution in [2.45, 2.75) is 143 Å². The molecular formula is C59H79N15O21S6. The van der Waals surface area contributed by atoms with Crippen LogP contribution in [0.25, 0.3) is 0 Å². The lowest BCUT2D eigenvalue weighted by Crippen LogP contribution is -2.61. The Morgan fingerprint density at radius 3 is 1.61 bits per heavy atom. The van der Waals surface area contributed by atoms with Crippen molar-refractivity contribution in [3.8, 4) is 11.5 Å². The molecule has 0 radical (unpaired) electrons. The minimum Gasteiger partial charge on any atom is -0.508 e. The third-order valence-corrected chi connectivity index (χ3v) is 22.9. The van der Waals surface area contributed by atoms with Crippen molar-refractivity contribution in [2.75, 3.05) is 47.6 Å². The first kappa shape index (κ1) is 81.5. The van der Waals surface area contributed by atoms with Gasteiger partial charge in [0.05, 0.1) is 25.1 Å². The highest BCUT2D eigenvalue weighted by Gasteiger charge is 2.42. The number of amides is 14. The molecule has 552 valence electrons. The first-order valence-corrected chi connectivity index (χ1v) is 38.7. The number of nitrogens with zero attached hydrogens (tertiary/aromatic N) is 1. The van der Waals surface area contributed by atoms with Crippen molar-refractivity contribution in [1.82, 2.24) is 68.7 Å². The average molecular weight is 1530 g/mol. The van der Waals surface area contributed by atoms with Gasteiger partial charge in [0, 0.05) is 60.3 Å². The van der Waals surface area contributed by atoms with Crippen LogP contribution < -0.4 is 75.3 Å². The largest absolute Gasteiger partial charge is 0.508 e. The molecule has 4 saturated heterocycles. The summed E-state index contributed by atoms with van der Waals surface area (Å²) in [5.41, 5.74) is 12.6. The van der Waals surface area contributed by atoms with E-state index in [9.17, 15) is 92.7 Å². The molecule has 6 rings (SSSR count). The number of nitrogens with two attached hydrogens (primary N) is 2. The van der Waals surface area contributed by atoms with E-state index in [0.29, 0.717) is 5.56 Å². The number of hydrogen-bond acceptors (Lipinski definition) is 26. The van der Waals surface area contributed by atoms with Crippen LogP contribution in [0.4, 0.5) is 0 Å². The average Bonchev–Trinajstić information content (AvgIpc) is 1.75. The Bertz CT molecular complexity index is 3400. The van der Waals surface area contributed by atoms with Gasteiger partial charge in [0.15, 0.2) is 0 Å². The molecule has 0 spiro atoms. The zero-order valence-corrected chi connectivity index (χ0v) is 59.0. The predicted molar refractivity (Wildman–Crippen MR) is 371 cm³/mol. The van der Waals surface area contributed by atoms with E-state index in [2.05, 4.69) is 63.8 Å². The normalized spacial score (nSPS) is 27.3. The summed E-state index contributed by atoms with van der Waals surface area (Å²) >= 11 is 0. The minimum atomic E-state index is -1.93. The molecule has 2 aromatic rings. The molecule has 0 unspecified atom stereocenters. The summed E-state index contributed by atoms with van der Waals surface area (Å²) in [4.78, 5) is 227. The molecule has 42 heteroatoms. The number of primary amides is 1. The number of benzene rings is 2. The number of rotatable bonds is 13. The summed E-state index contributed by atoms with van der Waals surface area (Å²) in [5.74, 6) is -21.7. The molecule has 0 aliphatic carbocycles. The van der Waals surface area contributed by atoms with Gasteiger partial charge in [-0.3, -0.25) is 71.9 Å². The molecular weight excluding hydrogens is 1450 g/mol. The number of nitrogens with one attached hydrogen (secondary N) is 12. The van der Waals surface area contributed by atoms with E-state index < -0.39 is 240 Å². The van der Waals surface area contributed by atoms with Crippen LogP contribution in [-0.4, -0.2) is 257 Å². The van der Waals surface area contributed by atoms with Crippen LogP contribution in [-0.2, 0) is 89.6 Å². The SMILES string of the molecule is C[C@@H]1NC(=O)[C@@H]2CCCN2C(=O)[C@H](CC(N)=O)NC(=O)[C@@H]2CSSC[C@H](N)C(=O)N[C@H]3CSSC[C@H](NC1=O)C(=O)N[C@@H]([C@@H](C)O)C(=O)NCC(=O)N[C@H](C(=O)N[C@@H](Cc1ccc(O)cc1)C(=O)O)CSSC[C@@H](NC(=O)[C@H](Cc1ccc(O)cc1)NC(=O)[C@H](CCC(=O)O)NC3=O)C(=O)N2. The van der Waals surface area contributed by atoms with Crippen LogP contribution >= 0.6 is 64.8 Å². The Balaban J connectivity index is 1.56. The Morgan fingerprint density at radius 2 is 1.06 bits per heavy atom. The molecule has 101 heavy (non-hydrogen) atoms. The molecule has 4 aliphatic rings. The van der Waals surface area contributed by atoms with Gasteiger partial charge in [0.25, 0.3) is 0 Å². The van der Waals surface area contributed by atoms with Gasteiger partial charge in [-0.25, -0.2) is 4.79 Å². The third kappa shape index (κ3) is 25.9. The third-order valence-electron chi connectivity index (χ3n) is 15.6. The first-order valence-electron chi connectivity index (χ1n) is 31.2. The fourth-order valence-electron chi connectivity index (χ4n) is 10.0. The van der Waals surface area contributed by atoms with E-state index in [0.717, 1.165) is 76.6 Å². The van der Waals surface area contributed by atoms with Crippen LogP contribution in [0, 0.1) is 0 Å². The van der Waals surface area contributed by atoms with Crippen molar-refractivity contribution in [3.05, 3.63) is 59.7 Å². The number of aromatic hydroxyl groups is 2.